The van der Waals surface area contributed by atoms with Crippen molar-refractivity contribution in [3.05, 3.63) is 131 Å². The van der Waals surface area contributed by atoms with Crippen LogP contribution in [0.3, 0.4) is 0 Å². The van der Waals surface area contributed by atoms with Crippen molar-refractivity contribution in [1.29, 1.82) is 0 Å². The van der Waals surface area contributed by atoms with Crippen LogP contribution in [0.15, 0.2) is 103 Å². The Morgan fingerprint density at radius 2 is 1.61 bits per heavy atom. The number of carbonyl (C=O) groups excluding carboxylic acids is 2. The predicted molar refractivity (Wildman–Crippen MR) is 206 cm³/mol. The number of likely N-dealkylation sites (tertiary alicyclic amines) is 1. The molecule has 5 unspecified atom stereocenters. The van der Waals surface area contributed by atoms with Crippen LogP contribution in [0.1, 0.15) is 85.7 Å². The van der Waals surface area contributed by atoms with Gasteiger partial charge < -0.3 is 24.6 Å². The lowest BCUT2D eigenvalue weighted by Crippen LogP contribution is -2.48. The first-order valence-corrected chi connectivity index (χ1v) is 18.7. The fraction of sp³-hybridized carbons (Fsp3) is 0.364. The van der Waals surface area contributed by atoms with Crippen LogP contribution < -0.4 is 5.32 Å². The maximum Gasteiger partial charge on any atom is 0.323 e. The van der Waals surface area contributed by atoms with Gasteiger partial charge >= 0.3 is 5.97 Å². The molecule has 1 amide bonds. The molecule has 54 heavy (non-hydrogen) atoms. The highest BCUT2D eigenvalue weighted by Gasteiger charge is 2.42. The standard InChI is InChI=1S/C44H48N4O6/c1-28-39(26-48-23-9-14-38(48)42(51)54-44(2,3)4)52-43(53-40(28)31-17-15-29(27-49)16-18-31)32-21-19-30(20-22-32)34-11-6-5-10-33(34)24-46-41(50)37-25-45-35-12-7-8-13-36(35)47-37/h5-8,10-13,15-22,25,28,38-40,43,49H,9,14,23-24,26-27H2,1-4H3,(H,46,50). The SMILES string of the molecule is CC1C(CN2CCCC2C(=O)OC(C)(C)C)OC(c2ccc(-c3ccccc3CNC(=O)c3cnc4ccccc4n3)cc2)OC1c1ccc(CO)cc1. The molecule has 2 N–H and O–H groups in total. The van der Waals surface area contributed by atoms with Gasteiger partial charge in [0.1, 0.15) is 17.3 Å². The van der Waals surface area contributed by atoms with Gasteiger partial charge in [0, 0.05) is 24.6 Å². The third-order valence-corrected chi connectivity index (χ3v) is 10.2. The van der Waals surface area contributed by atoms with Gasteiger partial charge in [-0.1, -0.05) is 91.9 Å². The molecule has 280 valence electrons. The van der Waals surface area contributed by atoms with Crippen LogP contribution in [0.25, 0.3) is 22.2 Å². The first-order chi connectivity index (χ1) is 26.1. The lowest BCUT2D eigenvalue weighted by atomic mass is 9.89. The van der Waals surface area contributed by atoms with Crippen molar-refractivity contribution in [2.75, 3.05) is 13.1 Å². The van der Waals surface area contributed by atoms with Gasteiger partial charge in [0.25, 0.3) is 5.91 Å². The Labute approximate surface area is 316 Å². The van der Waals surface area contributed by atoms with Gasteiger partial charge in [-0.05, 0) is 80.1 Å². The summed E-state index contributed by atoms with van der Waals surface area (Å²) in [6.07, 6.45) is 2.02. The summed E-state index contributed by atoms with van der Waals surface area (Å²) in [5.41, 5.74) is 6.78. The number of nitrogens with one attached hydrogen (secondary N) is 1. The minimum atomic E-state index is -0.650. The van der Waals surface area contributed by atoms with Crippen LogP contribution in [-0.2, 0) is 32.2 Å². The second-order valence-electron chi connectivity index (χ2n) is 15.2. The molecule has 0 spiro atoms. The lowest BCUT2D eigenvalue weighted by Gasteiger charge is -2.43. The number of para-hydroxylation sites is 2. The zero-order valence-corrected chi connectivity index (χ0v) is 31.3. The van der Waals surface area contributed by atoms with Gasteiger partial charge in [-0.2, -0.15) is 0 Å². The molecule has 10 nitrogen and oxygen atoms in total. The van der Waals surface area contributed by atoms with E-state index in [1.54, 1.807) is 0 Å². The van der Waals surface area contributed by atoms with Crippen molar-refractivity contribution >= 4 is 22.9 Å². The fourth-order valence-corrected chi connectivity index (χ4v) is 7.35. The topological polar surface area (TPSA) is 123 Å². The number of aliphatic hydroxyl groups is 1. The number of hydrogen-bond acceptors (Lipinski definition) is 9. The molecule has 2 aliphatic rings. The summed E-state index contributed by atoms with van der Waals surface area (Å²) in [6, 6.07) is 31.2. The molecule has 0 saturated carbocycles. The Morgan fingerprint density at radius 1 is 0.907 bits per heavy atom. The minimum Gasteiger partial charge on any atom is -0.459 e. The Kier molecular flexibility index (Phi) is 11.2. The number of carbonyl (C=O) groups is 2. The quantitative estimate of drug-likeness (QED) is 0.143. The summed E-state index contributed by atoms with van der Waals surface area (Å²) in [5.74, 6) is -0.506. The molecule has 0 bridgehead atoms. The molecule has 7 rings (SSSR count). The van der Waals surface area contributed by atoms with Gasteiger partial charge in [0.15, 0.2) is 6.29 Å². The number of ether oxygens (including phenoxy) is 3. The number of esters is 1. The molecule has 3 heterocycles. The fourth-order valence-electron chi connectivity index (χ4n) is 7.35. The summed E-state index contributed by atoms with van der Waals surface area (Å²) in [4.78, 5) is 37.4. The van der Waals surface area contributed by atoms with E-state index in [-0.39, 0.29) is 48.3 Å². The summed E-state index contributed by atoms with van der Waals surface area (Å²) >= 11 is 0. The van der Waals surface area contributed by atoms with Crippen molar-refractivity contribution in [2.24, 2.45) is 5.92 Å². The van der Waals surface area contributed by atoms with E-state index in [0.717, 1.165) is 58.3 Å². The molecule has 2 saturated heterocycles. The normalized spacial score (nSPS) is 21.9. The Hall–Kier alpha value is -5.00. The van der Waals surface area contributed by atoms with Gasteiger partial charge in [0.2, 0.25) is 0 Å². The second-order valence-corrected chi connectivity index (χ2v) is 15.2. The molecule has 2 fully saturated rings. The number of nitrogens with zero attached hydrogens (tertiary/aromatic N) is 3. The van der Waals surface area contributed by atoms with E-state index in [9.17, 15) is 14.7 Å². The van der Waals surface area contributed by atoms with Crippen molar-refractivity contribution in [2.45, 2.75) is 83.8 Å². The molecular formula is C44H48N4O6. The number of amides is 1. The molecule has 0 radical (unpaired) electrons. The molecule has 4 aromatic carbocycles. The molecule has 5 atom stereocenters. The van der Waals surface area contributed by atoms with E-state index in [0.29, 0.717) is 18.6 Å². The van der Waals surface area contributed by atoms with E-state index in [1.165, 1.54) is 6.20 Å². The average Bonchev–Trinajstić information content (AvgIpc) is 3.65. The van der Waals surface area contributed by atoms with Crippen LogP contribution >= 0.6 is 0 Å². The van der Waals surface area contributed by atoms with Crippen molar-refractivity contribution in [3.8, 4) is 11.1 Å². The van der Waals surface area contributed by atoms with Gasteiger partial charge in [-0.25, -0.2) is 4.98 Å². The average molecular weight is 729 g/mol. The zero-order chi connectivity index (χ0) is 37.8. The summed E-state index contributed by atoms with van der Waals surface area (Å²) in [5, 5.41) is 12.7. The van der Waals surface area contributed by atoms with E-state index >= 15 is 0 Å². The van der Waals surface area contributed by atoms with Crippen molar-refractivity contribution in [3.63, 3.8) is 0 Å². The van der Waals surface area contributed by atoms with E-state index in [4.69, 9.17) is 14.2 Å². The van der Waals surface area contributed by atoms with E-state index < -0.39 is 11.9 Å². The van der Waals surface area contributed by atoms with E-state index in [2.05, 4.69) is 39.2 Å². The number of fused-ring (bicyclic) bond motifs is 1. The maximum atomic E-state index is 13.2. The van der Waals surface area contributed by atoms with Crippen molar-refractivity contribution < 1.29 is 28.9 Å². The number of rotatable bonds is 10. The van der Waals surface area contributed by atoms with Gasteiger partial charge in [-0.3, -0.25) is 19.5 Å². The monoisotopic (exact) mass is 728 g/mol. The van der Waals surface area contributed by atoms with Crippen LogP contribution in [0.5, 0.6) is 0 Å². The van der Waals surface area contributed by atoms with Crippen LogP contribution in [0.2, 0.25) is 0 Å². The first-order valence-electron chi connectivity index (χ1n) is 18.7. The Balaban J connectivity index is 1.09. The minimum absolute atomic E-state index is 0.0249. The predicted octanol–water partition coefficient (Wildman–Crippen LogP) is 7.32. The molecule has 5 aromatic rings. The number of aliphatic hydroxyl groups excluding tert-OH is 1. The second kappa shape index (κ2) is 16.2. The molecular weight excluding hydrogens is 681 g/mol. The summed E-state index contributed by atoms with van der Waals surface area (Å²) in [7, 11) is 0. The third kappa shape index (κ3) is 8.53. The third-order valence-electron chi connectivity index (χ3n) is 10.2. The summed E-state index contributed by atoms with van der Waals surface area (Å²) < 4.78 is 19.3. The highest BCUT2D eigenvalue weighted by atomic mass is 16.7. The van der Waals surface area contributed by atoms with E-state index in [1.807, 2.05) is 106 Å². The zero-order valence-electron chi connectivity index (χ0n) is 31.3. The number of hydrogen-bond donors (Lipinski definition) is 2. The Bertz CT molecular complexity index is 2080. The highest BCUT2D eigenvalue weighted by Crippen LogP contribution is 2.43. The molecule has 1 aromatic heterocycles. The molecule has 10 heteroatoms. The van der Waals surface area contributed by atoms with Gasteiger partial charge in [0.05, 0.1) is 36.0 Å². The number of aromatic nitrogens is 2. The molecule has 0 aliphatic carbocycles. The molecule has 2 aliphatic heterocycles. The summed E-state index contributed by atoms with van der Waals surface area (Å²) in [6.45, 7) is 9.48. The van der Waals surface area contributed by atoms with Gasteiger partial charge in [-0.15, -0.1) is 0 Å². The maximum absolute atomic E-state index is 13.2. The number of benzene rings is 4. The smallest absolute Gasteiger partial charge is 0.323 e. The lowest BCUT2D eigenvalue weighted by molar-refractivity contribution is -0.276. The van der Waals surface area contributed by atoms with Crippen LogP contribution in [0.4, 0.5) is 0 Å². The largest absolute Gasteiger partial charge is 0.459 e. The first kappa shape index (κ1) is 37.3. The Morgan fingerprint density at radius 3 is 2.35 bits per heavy atom. The van der Waals surface area contributed by atoms with Crippen LogP contribution in [-0.4, -0.2) is 62.7 Å². The van der Waals surface area contributed by atoms with Crippen LogP contribution in [0, 0.1) is 5.92 Å². The highest BCUT2D eigenvalue weighted by molar-refractivity contribution is 5.93. The van der Waals surface area contributed by atoms with Crippen molar-refractivity contribution in [1.82, 2.24) is 20.2 Å².